The van der Waals surface area contributed by atoms with Gasteiger partial charge < -0.3 is 14.4 Å². The standard InChI is InChI=1S/C21H31NO3S/c1-15-13-19(26-16(15)2)20(23)22-9-7-21(8-10-22)18(6-12-25-21)5-11-24-14-17-3-4-17/h13,17-18H,3-12,14H2,1-2H3/t18-/m1/s1. The lowest BCUT2D eigenvalue weighted by molar-refractivity contribution is -0.0672. The lowest BCUT2D eigenvalue weighted by Crippen LogP contribution is -2.49. The van der Waals surface area contributed by atoms with Crippen molar-refractivity contribution in [3.05, 3.63) is 21.4 Å². The third-order valence-electron chi connectivity index (χ3n) is 6.53. The molecular weight excluding hydrogens is 346 g/mol. The summed E-state index contributed by atoms with van der Waals surface area (Å²) in [6.07, 6.45) is 6.88. The van der Waals surface area contributed by atoms with Gasteiger partial charge in [0.05, 0.1) is 10.5 Å². The molecule has 144 valence electrons. The second kappa shape index (κ2) is 7.61. The first kappa shape index (κ1) is 18.5. The second-order valence-corrected chi connectivity index (χ2v) is 9.60. The Morgan fingerprint density at radius 3 is 2.73 bits per heavy atom. The molecule has 1 aromatic rings. The maximum absolute atomic E-state index is 12.8. The highest BCUT2D eigenvalue weighted by atomic mass is 32.1. The molecule has 2 aliphatic heterocycles. The van der Waals surface area contributed by atoms with Crippen molar-refractivity contribution >= 4 is 17.2 Å². The number of rotatable bonds is 6. The van der Waals surface area contributed by atoms with Gasteiger partial charge in [-0.15, -0.1) is 11.3 Å². The summed E-state index contributed by atoms with van der Waals surface area (Å²) < 4.78 is 12.1. The number of likely N-dealkylation sites (tertiary alicyclic amines) is 1. The Labute approximate surface area is 160 Å². The van der Waals surface area contributed by atoms with Gasteiger partial charge in [0.25, 0.3) is 5.91 Å². The van der Waals surface area contributed by atoms with E-state index in [0.29, 0.717) is 5.92 Å². The number of amides is 1. The summed E-state index contributed by atoms with van der Waals surface area (Å²) in [7, 11) is 0. The molecule has 26 heavy (non-hydrogen) atoms. The Morgan fingerprint density at radius 2 is 2.08 bits per heavy atom. The number of aryl methyl sites for hydroxylation is 2. The maximum Gasteiger partial charge on any atom is 0.263 e. The van der Waals surface area contributed by atoms with Gasteiger partial charge in [0.1, 0.15) is 0 Å². The molecule has 2 saturated heterocycles. The highest BCUT2D eigenvalue weighted by molar-refractivity contribution is 7.14. The van der Waals surface area contributed by atoms with Crippen LogP contribution in [0, 0.1) is 25.7 Å². The molecule has 1 aliphatic carbocycles. The molecule has 1 spiro atoms. The summed E-state index contributed by atoms with van der Waals surface area (Å²) in [5.41, 5.74) is 1.21. The quantitative estimate of drug-likeness (QED) is 0.698. The molecule has 1 atom stereocenters. The Balaban J connectivity index is 1.30. The average Bonchev–Trinajstić information content (AvgIpc) is 3.31. The fourth-order valence-corrected chi connectivity index (χ4v) is 5.43. The lowest BCUT2D eigenvalue weighted by Gasteiger charge is -2.42. The number of piperidine rings is 1. The molecule has 1 amide bonds. The monoisotopic (exact) mass is 377 g/mol. The molecule has 5 heteroatoms. The van der Waals surface area contributed by atoms with Crippen LogP contribution < -0.4 is 0 Å². The van der Waals surface area contributed by atoms with Crippen LogP contribution >= 0.6 is 11.3 Å². The number of ether oxygens (including phenoxy) is 2. The molecule has 3 heterocycles. The molecular formula is C21H31NO3S. The number of hydrogen-bond acceptors (Lipinski definition) is 4. The van der Waals surface area contributed by atoms with Gasteiger partial charge in [-0.2, -0.15) is 0 Å². The predicted octanol–water partition coefficient (Wildman–Crippen LogP) is 4.19. The van der Waals surface area contributed by atoms with Gasteiger partial charge in [-0.1, -0.05) is 0 Å². The minimum atomic E-state index is -0.0129. The van der Waals surface area contributed by atoms with E-state index in [-0.39, 0.29) is 11.5 Å². The van der Waals surface area contributed by atoms with E-state index in [1.807, 2.05) is 11.0 Å². The fraction of sp³-hybridized carbons (Fsp3) is 0.762. The van der Waals surface area contributed by atoms with Gasteiger partial charge in [0.15, 0.2) is 0 Å². The minimum Gasteiger partial charge on any atom is -0.381 e. The van der Waals surface area contributed by atoms with E-state index in [1.54, 1.807) is 11.3 Å². The van der Waals surface area contributed by atoms with Crippen molar-refractivity contribution in [2.45, 2.75) is 58.0 Å². The molecule has 1 aromatic heterocycles. The zero-order valence-electron chi connectivity index (χ0n) is 16.1. The molecule has 0 N–H and O–H groups in total. The van der Waals surface area contributed by atoms with E-state index in [0.717, 1.165) is 69.4 Å². The van der Waals surface area contributed by atoms with Crippen LogP contribution in [0.1, 0.15) is 58.6 Å². The summed E-state index contributed by atoms with van der Waals surface area (Å²) in [6, 6.07) is 2.04. The average molecular weight is 378 g/mol. The first-order chi connectivity index (χ1) is 12.6. The zero-order valence-corrected chi connectivity index (χ0v) is 16.9. The molecule has 3 fully saturated rings. The highest BCUT2D eigenvalue weighted by Crippen LogP contribution is 2.42. The summed E-state index contributed by atoms with van der Waals surface area (Å²) in [4.78, 5) is 17.0. The van der Waals surface area contributed by atoms with Gasteiger partial charge >= 0.3 is 0 Å². The Kier molecular flexibility index (Phi) is 5.40. The van der Waals surface area contributed by atoms with Crippen LogP contribution in [0.4, 0.5) is 0 Å². The van der Waals surface area contributed by atoms with Gasteiger partial charge in [-0.3, -0.25) is 4.79 Å². The molecule has 0 unspecified atom stereocenters. The molecule has 0 radical (unpaired) electrons. The third-order valence-corrected chi connectivity index (χ3v) is 7.68. The number of thiophene rings is 1. The first-order valence-electron chi connectivity index (χ1n) is 10.2. The smallest absolute Gasteiger partial charge is 0.263 e. The van der Waals surface area contributed by atoms with Crippen molar-refractivity contribution in [1.82, 2.24) is 4.90 Å². The Morgan fingerprint density at radius 1 is 1.31 bits per heavy atom. The van der Waals surface area contributed by atoms with Gasteiger partial charge in [-0.25, -0.2) is 0 Å². The van der Waals surface area contributed by atoms with Crippen LogP contribution in [-0.2, 0) is 9.47 Å². The van der Waals surface area contributed by atoms with Crippen LogP contribution in [-0.4, -0.2) is 49.3 Å². The molecule has 0 aromatic carbocycles. The van der Waals surface area contributed by atoms with Crippen molar-refractivity contribution in [3.8, 4) is 0 Å². The van der Waals surface area contributed by atoms with E-state index in [1.165, 1.54) is 23.3 Å². The van der Waals surface area contributed by atoms with Crippen molar-refractivity contribution in [1.29, 1.82) is 0 Å². The molecule has 3 aliphatic rings. The molecule has 4 rings (SSSR count). The van der Waals surface area contributed by atoms with E-state index < -0.39 is 0 Å². The topological polar surface area (TPSA) is 38.8 Å². The van der Waals surface area contributed by atoms with Crippen molar-refractivity contribution in [2.24, 2.45) is 11.8 Å². The second-order valence-electron chi connectivity index (χ2n) is 8.35. The Hall–Kier alpha value is -0.910. The zero-order chi connectivity index (χ0) is 18.1. The van der Waals surface area contributed by atoms with Crippen LogP contribution in [0.5, 0.6) is 0 Å². The van der Waals surface area contributed by atoms with Gasteiger partial charge in [0, 0.05) is 37.8 Å². The van der Waals surface area contributed by atoms with Crippen molar-refractivity contribution < 1.29 is 14.3 Å². The van der Waals surface area contributed by atoms with Crippen LogP contribution in [0.25, 0.3) is 0 Å². The number of carbonyl (C=O) groups excluding carboxylic acids is 1. The Bertz CT molecular complexity index is 624. The van der Waals surface area contributed by atoms with E-state index >= 15 is 0 Å². The maximum atomic E-state index is 12.8. The molecule has 0 bridgehead atoms. The van der Waals surface area contributed by atoms with Crippen LogP contribution in [0.15, 0.2) is 6.07 Å². The largest absolute Gasteiger partial charge is 0.381 e. The fourth-order valence-electron chi connectivity index (χ4n) is 4.43. The third kappa shape index (κ3) is 3.85. The summed E-state index contributed by atoms with van der Waals surface area (Å²) in [5, 5.41) is 0. The minimum absolute atomic E-state index is 0.0129. The number of carbonyl (C=O) groups is 1. The van der Waals surface area contributed by atoms with Gasteiger partial charge in [-0.05, 0) is 75.8 Å². The molecule has 1 saturated carbocycles. The van der Waals surface area contributed by atoms with Gasteiger partial charge in [0.2, 0.25) is 0 Å². The van der Waals surface area contributed by atoms with Crippen molar-refractivity contribution in [2.75, 3.05) is 32.9 Å². The lowest BCUT2D eigenvalue weighted by atomic mass is 9.78. The summed E-state index contributed by atoms with van der Waals surface area (Å²) in [6.45, 7) is 8.47. The van der Waals surface area contributed by atoms with E-state index in [2.05, 4.69) is 13.8 Å². The SMILES string of the molecule is Cc1cc(C(=O)N2CCC3(CC2)OCC[C@H]3CCOCC2CC2)sc1C. The van der Waals surface area contributed by atoms with Crippen LogP contribution in [0.3, 0.4) is 0 Å². The van der Waals surface area contributed by atoms with E-state index in [4.69, 9.17) is 9.47 Å². The molecule has 4 nitrogen and oxygen atoms in total. The van der Waals surface area contributed by atoms with E-state index in [9.17, 15) is 4.79 Å². The highest BCUT2D eigenvalue weighted by Gasteiger charge is 2.46. The normalized spacial score (nSPS) is 25.2. The number of hydrogen-bond donors (Lipinski definition) is 0. The summed E-state index contributed by atoms with van der Waals surface area (Å²) >= 11 is 1.62. The summed E-state index contributed by atoms with van der Waals surface area (Å²) in [5.74, 6) is 1.62. The van der Waals surface area contributed by atoms with Crippen LogP contribution in [0.2, 0.25) is 0 Å². The first-order valence-corrected chi connectivity index (χ1v) is 11.0. The van der Waals surface area contributed by atoms with Crippen molar-refractivity contribution in [3.63, 3.8) is 0 Å². The number of nitrogens with zero attached hydrogens (tertiary/aromatic N) is 1. The predicted molar refractivity (Wildman–Crippen MR) is 104 cm³/mol.